The predicted molar refractivity (Wildman–Crippen MR) is 66.5 cm³/mol. The summed E-state index contributed by atoms with van der Waals surface area (Å²) >= 11 is 0. The Morgan fingerprint density at radius 3 is 2.81 bits per heavy atom. The fourth-order valence-electron chi connectivity index (χ4n) is 3.15. The van der Waals surface area contributed by atoms with E-state index >= 15 is 0 Å². The van der Waals surface area contributed by atoms with Crippen LogP contribution in [-0.2, 0) is 4.74 Å². The number of hydrogen-bond donors (Lipinski definition) is 2. The molecule has 0 radical (unpaired) electrons. The molecule has 1 saturated heterocycles. The van der Waals surface area contributed by atoms with Crippen molar-refractivity contribution in [3.8, 4) is 0 Å². The van der Waals surface area contributed by atoms with E-state index in [-0.39, 0.29) is 5.60 Å². The summed E-state index contributed by atoms with van der Waals surface area (Å²) in [7, 11) is 0. The molecule has 1 aliphatic carbocycles. The monoisotopic (exact) mass is 226 g/mol. The highest BCUT2D eigenvalue weighted by Crippen LogP contribution is 2.38. The molecule has 94 valence electrons. The van der Waals surface area contributed by atoms with Crippen molar-refractivity contribution in [1.29, 1.82) is 0 Å². The van der Waals surface area contributed by atoms with Crippen LogP contribution in [0.1, 0.15) is 51.4 Å². The Hall–Kier alpha value is -0.120. The molecule has 1 atom stereocenters. The lowest BCUT2D eigenvalue weighted by atomic mass is 9.78. The van der Waals surface area contributed by atoms with Gasteiger partial charge in [0.2, 0.25) is 0 Å². The van der Waals surface area contributed by atoms with Gasteiger partial charge < -0.3 is 15.8 Å². The van der Waals surface area contributed by atoms with Crippen LogP contribution in [0.3, 0.4) is 0 Å². The summed E-state index contributed by atoms with van der Waals surface area (Å²) in [6.07, 6.45) is 10.2. The maximum absolute atomic E-state index is 6.08. The van der Waals surface area contributed by atoms with E-state index < -0.39 is 0 Å². The summed E-state index contributed by atoms with van der Waals surface area (Å²) in [6, 6.07) is 0.665. The van der Waals surface area contributed by atoms with Crippen molar-refractivity contribution in [3.63, 3.8) is 0 Å². The highest BCUT2D eigenvalue weighted by atomic mass is 16.5. The summed E-state index contributed by atoms with van der Waals surface area (Å²) < 4.78 is 6.08. The normalized spacial score (nSPS) is 29.4. The molecule has 2 fully saturated rings. The minimum absolute atomic E-state index is 0.233. The van der Waals surface area contributed by atoms with Crippen LogP contribution < -0.4 is 11.1 Å². The molecule has 0 bridgehead atoms. The topological polar surface area (TPSA) is 47.3 Å². The molecular formula is C13H26N2O. The van der Waals surface area contributed by atoms with Gasteiger partial charge in [-0.3, -0.25) is 0 Å². The van der Waals surface area contributed by atoms with Crippen LogP contribution in [0, 0.1) is 0 Å². The second-order valence-corrected chi connectivity index (χ2v) is 5.38. The Labute approximate surface area is 99.1 Å². The number of nitrogens with two attached hydrogens (primary N) is 1. The Morgan fingerprint density at radius 1 is 1.25 bits per heavy atom. The first-order valence-corrected chi connectivity index (χ1v) is 6.92. The van der Waals surface area contributed by atoms with Gasteiger partial charge in [-0.15, -0.1) is 0 Å². The number of hydrogen-bond acceptors (Lipinski definition) is 3. The predicted octanol–water partition coefficient (Wildman–Crippen LogP) is 1.81. The van der Waals surface area contributed by atoms with E-state index in [1.165, 1.54) is 44.9 Å². The van der Waals surface area contributed by atoms with E-state index in [9.17, 15) is 0 Å². The van der Waals surface area contributed by atoms with Crippen molar-refractivity contribution in [2.75, 3.05) is 19.7 Å². The summed E-state index contributed by atoms with van der Waals surface area (Å²) in [5, 5.41) is 3.63. The molecule has 0 amide bonds. The average molecular weight is 226 g/mol. The lowest BCUT2D eigenvalue weighted by Gasteiger charge is -2.43. The van der Waals surface area contributed by atoms with Gasteiger partial charge >= 0.3 is 0 Å². The molecule has 3 nitrogen and oxygen atoms in total. The van der Waals surface area contributed by atoms with Gasteiger partial charge in [0.05, 0.1) is 5.60 Å². The van der Waals surface area contributed by atoms with Crippen molar-refractivity contribution in [2.45, 2.75) is 63.0 Å². The highest BCUT2D eigenvalue weighted by molar-refractivity contribution is 4.91. The van der Waals surface area contributed by atoms with E-state index in [0.717, 1.165) is 26.1 Å². The zero-order valence-corrected chi connectivity index (χ0v) is 10.3. The van der Waals surface area contributed by atoms with Gasteiger partial charge in [-0.1, -0.05) is 19.3 Å². The zero-order chi connectivity index (χ0) is 11.3. The minimum atomic E-state index is 0.233. The molecule has 3 heteroatoms. The summed E-state index contributed by atoms with van der Waals surface area (Å²) in [5.41, 5.74) is 5.75. The van der Waals surface area contributed by atoms with Crippen LogP contribution >= 0.6 is 0 Å². The Bertz CT molecular complexity index is 197. The Morgan fingerprint density at radius 2 is 2.06 bits per heavy atom. The van der Waals surface area contributed by atoms with Crippen molar-refractivity contribution in [2.24, 2.45) is 5.73 Å². The van der Waals surface area contributed by atoms with Crippen molar-refractivity contribution < 1.29 is 4.74 Å². The molecule has 1 unspecified atom stereocenters. The summed E-state index contributed by atoms with van der Waals surface area (Å²) in [6.45, 7) is 2.80. The van der Waals surface area contributed by atoms with Gasteiger partial charge in [-0.25, -0.2) is 0 Å². The fraction of sp³-hybridized carbons (Fsp3) is 1.00. The van der Waals surface area contributed by atoms with E-state index in [1.54, 1.807) is 0 Å². The first-order valence-electron chi connectivity index (χ1n) is 6.92. The Kier molecular flexibility index (Phi) is 4.62. The van der Waals surface area contributed by atoms with Crippen molar-refractivity contribution >= 4 is 0 Å². The maximum Gasteiger partial charge on any atom is 0.0697 e. The number of nitrogens with one attached hydrogen (secondary N) is 1. The van der Waals surface area contributed by atoms with E-state index in [4.69, 9.17) is 10.5 Å². The van der Waals surface area contributed by atoms with Gasteiger partial charge in [0.25, 0.3) is 0 Å². The molecule has 16 heavy (non-hydrogen) atoms. The average Bonchev–Trinajstić information content (AvgIpc) is 2.31. The molecule has 1 heterocycles. The van der Waals surface area contributed by atoms with Gasteiger partial charge in [-0.2, -0.15) is 0 Å². The molecule has 0 aromatic carbocycles. The SMILES string of the molecule is NCCCNC1CCOC2(CCCCC2)C1. The van der Waals surface area contributed by atoms with E-state index in [0.29, 0.717) is 6.04 Å². The molecule has 2 rings (SSSR count). The quantitative estimate of drug-likeness (QED) is 0.719. The first kappa shape index (κ1) is 12.3. The highest BCUT2D eigenvalue weighted by Gasteiger charge is 2.38. The van der Waals surface area contributed by atoms with Crippen LogP contribution in [0.15, 0.2) is 0 Å². The molecule has 3 N–H and O–H groups in total. The fourth-order valence-corrected chi connectivity index (χ4v) is 3.15. The van der Waals surface area contributed by atoms with Gasteiger partial charge in [-0.05, 0) is 45.2 Å². The maximum atomic E-state index is 6.08. The lowest BCUT2D eigenvalue weighted by molar-refractivity contribution is -0.109. The Balaban J connectivity index is 1.78. The van der Waals surface area contributed by atoms with Crippen LogP contribution in [0.25, 0.3) is 0 Å². The van der Waals surface area contributed by atoms with Crippen LogP contribution in [0.5, 0.6) is 0 Å². The summed E-state index contributed by atoms with van der Waals surface area (Å²) in [4.78, 5) is 0. The van der Waals surface area contributed by atoms with E-state index in [1.807, 2.05) is 0 Å². The third-order valence-corrected chi connectivity index (χ3v) is 4.07. The lowest BCUT2D eigenvalue weighted by Crippen LogP contribution is -2.48. The van der Waals surface area contributed by atoms with Crippen molar-refractivity contribution in [3.05, 3.63) is 0 Å². The zero-order valence-electron chi connectivity index (χ0n) is 10.3. The molecular weight excluding hydrogens is 200 g/mol. The number of rotatable bonds is 4. The van der Waals surface area contributed by atoms with Crippen molar-refractivity contribution in [1.82, 2.24) is 5.32 Å². The second kappa shape index (κ2) is 5.99. The molecule has 1 spiro atoms. The molecule has 0 aromatic heterocycles. The molecule has 1 saturated carbocycles. The van der Waals surface area contributed by atoms with Gasteiger partial charge in [0.1, 0.15) is 0 Å². The first-order chi connectivity index (χ1) is 7.85. The van der Waals surface area contributed by atoms with Crippen LogP contribution in [0.2, 0.25) is 0 Å². The van der Waals surface area contributed by atoms with Gasteiger partial charge in [0.15, 0.2) is 0 Å². The molecule has 2 aliphatic rings. The van der Waals surface area contributed by atoms with E-state index in [2.05, 4.69) is 5.32 Å². The van der Waals surface area contributed by atoms with Crippen LogP contribution in [-0.4, -0.2) is 31.3 Å². The molecule has 0 aromatic rings. The summed E-state index contributed by atoms with van der Waals surface area (Å²) in [5.74, 6) is 0. The van der Waals surface area contributed by atoms with Gasteiger partial charge in [0, 0.05) is 12.6 Å². The standard InChI is InChI=1S/C13H26N2O/c14-8-4-9-15-12-5-10-16-13(11-12)6-2-1-3-7-13/h12,15H,1-11,14H2. The minimum Gasteiger partial charge on any atom is -0.375 e. The number of ether oxygens (including phenoxy) is 1. The third kappa shape index (κ3) is 3.19. The smallest absolute Gasteiger partial charge is 0.0697 e. The largest absolute Gasteiger partial charge is 0.375 e. The molecule has 1 aliphatic heterocycles. The third-order valence-electron chi connectivity index (χ3n) is 4.07. The second-order valence-electron chi connectivity index (χ2n) is 5.38. The van der Waals surface area contributed by atoms with Crippen LogP contribution in [0.4, 0.5) is 0 Å².